The van der Waals surface area contributed by atoms with Gasteiger partial charge in [-0.2, -0.15) is 13.5 Å². The molecule has 0 bridgehead atoms. The number of nitrogens with zero attached hydrogens (tertiary/aromatic N) is 2. The van der Waals surface area contributed by atoms with Crippen molar-refractivity contribution < 1.29 is 30.9 Å². The topological polar surface area (TPSA) is 96.7 Å². The van der Waals surface area contributed by atoms with Crippen LogP contribution in [0.2, 0.25) is 5.02 Å². The third-order valence-corrected chi connectivity index (χ3v) is 5.59. The Labute approximate surface area is 193 Å². The maximum Gasteiger partial charge on any atom is 0.264 e. The van der Waals surface area contributed by atoms with Crippen molar-refractivity contribution in [1.29, 1.82) is 0 Å². The monoisotopic (exact) mass is 500 g/mol. The van der Waals surface area contributed by atoms with Crippen LogP contribution < -0.4 is 14.9 Å². The molecule has 0 fully saturated rings. The van der Waals surface area contributed by atoms with Gasteiger partial charge in [0.05, 0.1) is 31.9 Å². The van der Waals surface area contributed by atoms with Crippen LogP contribution >= 0.6 is 11.6 Å². The second-order valence-corrected chi connectivity index (χ2v) is 8.94. The molecule has 1 aromatic heterocycles. The molecule has 0 atom stereocenters. The van der Waals surface area contributed by atoms with Crippen LogP contribution in [0.15, 0.2) is 35.1 Å². The van der Waals surface area contributed by atoms with Gasteiger partial charge < -0.3 is 9.47 Å². The number of hydrogen-bond donors (Lipinski definition) is 0. The number of hydrogen-bond acceptors (Lipinski definition) is 7. The van der Waals surface area contributed by atoms with Crippen molar-refractivity contribution >= 4 is 21.7 Å². The Morgan fingerprint density at radius 1 is 1.12 bits per heavy atom. The summed E-state index contributed by atoms with van der Waals surface area (Å²) in [6, 6.07) is 5.82. The predicted octanol–water partition coefficient (Wildman–Crippen LogP) is 3.63. The van der Waals surface area contributed by atoms with E-state index < -0.39 is 33.8 Å². The minimum Gasteiger partial charge on any atom is -0.497 e. The van der Waals surface area contributed by atoms with E-state index in [9.17, 15) is 22.0 Å². The molecule has 0 aliphatic heterocycles. The van der Waals surface area contributed by atoms with Gasteiger partial charge in [0.15, 0.2) is 0 Å². The van der Waals surface area contributed by atoms with Crippen LogP contribution in [0.3, 0.4) is 0 Å². The van der Waals surface area contributed by atoms with E-state index in [4.69, 9.17) is 25.3 Å². The summed E-state index contributed by atoms with van der Waals surface area (Å²) in [5, 5.41) is 4.27. The highest BCUT2D eigenvalue weighted by Gasteiger charge is 2.23. The first-order valence-electron chi connectivity index (χ1n) is 9.31. The van der Waals surface area contributed by atoms with Crippen LogP contribution in [-0.2, 0) is 20.9 Å². The summed E-state index contributed by atoms with van der Waals surface area (Å²) in [5.74, 6) is -1.25. The Kier molecular flexibility index (Phi) is 7.06. The fourth-order valence-corrected chi connectivity index (χ4v) is 3.70. The summed E-state index contributed by atoms with van der Waals surface area (Å²) in [6.07, 6.45) is 0.824. The highest BCUT2D eigenvalue weighted by molar-refractivity contribution is 7.85. The Morgan fingerprint density at radius 2 is 1.82 bits per heavy atom. The Balaban J connectivity index is 2.42. The van der Waals surface area contributed by atoms with Gasteiger partial charge >= 0.3 is 0 Å². The molecule has 0 unspecified atom stereocenters. The maximum atomic E-state index is 14.8. The number of methoxy groups -OCH3 is 2. The molecule has 0 aliphatic rings. The van der Waals surface area contributed by atoms with Gasteiger partial charge in [0.25, 0.3) is 10.1 Å². The summed E-state index contributed by atoms with van der Waals surface area (Å²) in [5.41, 5.74) is -0.984. The molecule has 2 aromatic carbocycles. The van der Waals surface area contributed by atoms with Crippen molar-refractivity contribution in [2.75, 3.05) is 20.5 Å². The third-order valence-electron chi connectivity index (χ3n) is 4.66. The maximum absolute atomic E-state index is 14.8. The summed E-state index contributed by atoms with van der Waals surface area (Å²) in [7, 11) is -1.11. The molecule has 33 heavy (non-hydrogen) atoms. The molecule has 0 aliphatic carbocycles. The van der Waals surface area contributed by atoms with Crippen molar-refractivity contribution in [2.45, 2.75) is 13.5 Å². The second kappa shape index (κ2) is 9.46. The molecule has 1 heterocycles. The van der Waals surface area contributed by atoms with Gasteiger partial charge in [-0.1, -0.05) is 11.6 Å². The van der Waals surface area contributed by atoms with E-state index in [-0.39, 0.29) is 39.0 Å². The van der Waals surface area contributed by atoms with Crippen LogP contribution in [-0.4, -0.2) is 38.7 Å². The molecule has 0 amide bonds. The van der Waals surface area contributed by atoms with Gasteiger partial charge in [0.1, 0.15) is 40.5 Å². The van der Waals surface area contributed by atoms with E-state index in [1.807, 2.05) is 0 Å². The quantitative estimate of drug-likeness (QED) is 0.457. The van der Waals surface area contributed by atoms with Gasteiger partial charge in [0, 0.05) is 29.3 Å². The number of halogens is 3. The van der Waals surface area contributed by atoms with Crippen LogP contribution in [0.1, 0.15) is 11.3 Å². The van der Waals surface area contributed by atoms with E-state index in [0.29, 0.717) is 11.8 Å². The van der Waals surface area contributed by atoms with Crippen molar-refractivity contribution in [3.63, 3.8) is 0 Å². The van der Waals surface area contributed by atoms with Crippen molar-refractivity contribution in [3.05, 3.63) is 68.5 Å². The zero-order valence-electron chi connectivity index (χ0n) is 18.0. The molecule has 0 saturated carbocycles. The number of aromatic nitrogens is 2. The van der Waals surface area contributed by atoms with Gasteiger partial charge in [0.2, 0.25) is 5.43 Å². The standard InChI is InChI=1S/C21H19ClF2N2O6S/c1-11-20(14-6-5-12(23)7-15(14)24)26(25-16(21(11)27)10-32-33(4,28)29)17-8-13(30-2)9-18(31-3)19(17)22/h5-9H,10H2,1-4H3. The fraction of sp³-hybridized carbons (Fsp3) is 0.238. The normalized spacial score (nSPS) is 11.5. The van der Waals surface area contributed by atoms with Crippen LogP contribution in [0, 0.1) is 18.6 Å². The fourth-order valence-electron chi connectivity index (χ4n) is 3.11. The van der Waals surface area contributed by atoms with Crippen LogP contribution in [0.5, 0.6) is 11.5 Å². The van der Waals surface area contributed by atoms with E-state index in [2.05, 4.69) is 5.10 Å². The van der Waals surface area contributed by atoms with Crippen molar-refractivity contribution in [2.24, 2.45) is 0 Å². The van der Waals surface area contributed by atoms with Crippen LogP contribution in [0.25, 0.3) is 16.9 Å². The lowest BCUT2D eigenvalue weighted by Crippen LogP contribution is -2.24. The Morgan fingerprint density at radius 3 is 2.39 bits per heavy atom. The van der Waals surface area contributed by atoms with Crippen molar-refractivity contribution in [3.8, 4) is 28.4 Å². The molecule has 0 saturated heterocycles. The summed E-state index contributed by atoms with van der Waals surface area (Å²) in [4.78, 5) is 12.9. The largest absolute Gasteiger partial charge is 0.497 e. The zero-order valence-corrected chi connectivity index (χ0v) is 19.6. The first-order valence-corrected chi connectivity index (χ1v) is 11.5. The number of benzene rings is 2. The smallest absolute Gasteiger partial charge is 0.264 e. The average molecular weight is 501 g/mol. The zero-order chi connectivity index (χ0) is 24.5. The number of rotatable bonds is 7. The molecular formula is C21H19ClF2N2O6S. The van der Waals surface area contributed by atoms with Gasteiger partial charge in [-0.05, 0) is 19.1 Å². The molecule has 8 nitrogen and oxygen atoms in total. The third kappa shape index (κ3) is 5.15. The van der Waals surface area contributed by atoms with Crippen molar-refractivity contribution in [1.82, 2.24) is 9.78 Å². The van der Waals surface area contributed by atoms with Gasteiger partial charge in [-0.25, -0.2) is 13.5 Å². The Bertz CT molecular complexity index is 1390. The lowest BCUT2D eigenvalue weighted by molar-refractivity contribution is 0.303. The molecular weight excluding hydrogens is 482 g/mol. The summed E-state index contributed by atoms with van der Waals surface area (Å²) < 4.78 is 67.6. The van der Waals surface area contributed by atoms with Gasteiger partial charge in [-0.15, -0.1) is 0 Å². The molecule has 176 valence electrons. The lowest BCUT2D eigenvalue weighted by atomic mass is 10.0. The first kappa shape index (κ1) is 24.6. The van der Waals surface area contributed by atoms with E-state index in [0.717, 1.165) is 23.1 Å². The summed E-state index contributed by atoms with van der Waals surface area (Å²) in [6.45, 7) is 0.733. The molecule has 12 heteroatoms. The molecule has 3 aromatic rings. The summed E-state index contributed by atoms with van der Waals surface area (Å²) >= 11 is 6.49. The van der Waals surface area contributed by atoms with E-state index in [1.165, 1.54) is 33.3 Å². The van der Waals surface area contributed by atoms with Crippen LogP contribution in [0.4, 0.5) is 8.78 Å². The number of ether oxygens (including phenoxy) is 2. The average Bonchev–Trinajstić information content (AvgIpc) is 2.75. The van der Waals surface area contributed by atoms with Gasteiger partial charge in [-0.3, -0.25) is 8.98 Å². The Hall–Kier alpha value is -3.02. The van der Waals surface area contributed by atoms with E-state index >= 15 is 0 Å². The molecule has 0 radical (unpaired) electrons. The minimum atomic E-state index is -3.89. The van der Waals surface area contributed by atoms with E-state index in [1.54, 1.807) is 0 Å². The molecule has 0 spiro atoms. The molecule has 3 rings (SSSR count). The highest BCUT2D eigenvalue weighted by Crippen LogP contribution is 2.37. The minimum absolute atomic E-state index is 0.000428. The second-order valence-electron chi connectivity index (χ2n) is 6.91. The SMILES string of the molecule is COc1cc(OC)c(Cl)c(-n2nc(COS(C)(=O)=O)c(=O)c(C)c2-c2ccc(F)cc2F)c1. The molecule has 0 N–H and O–H groups in total. The highest BCUT2D eigenvalue weighted by atomic mass is 35.5. The predicted molar refractivity (Wildman–Crippen MR) is 118 cm³/mol. The lowest BCUT2D eigenvalue weighted by Gasteiger charge is -2.20. The first-order chi connectivity index (χ1) is 15.5.